The molecule has 1 heterocycles. The molecule has 0 bridgehead atoms. The van der Waals surface area contributed by atoms with E-state index in [9.17, 15) is 5.11 Å². The van der Waals surface area contributed by atoms with Gasteiger partial charge in [0.1, 0.15) is 5.75 Å². The number of rotatable bonds is 2. The topological polar surface area (TPSA) is 56.2 Å². The lowest BCUT2D eigenvalue weighted by atomic mass is 10.1. The zero-order chi connectivity index (χ0) is 10.8. The molecule has 0 amide bonds. The van der Waals surface area contributed by atoms with Crippen LogP contribution in [0.25, 0.3) is 0 Å². The van der Waals surface area contributed by atoms with Gasteiger partial charge in [0.2, 0.25) is 5.88 Å². The van der Waals surface area contributed by atoms with Crippen LogP contribution in [-0.4, -0.2) is 15.2 Å². The van der Waals surface area contributed by atoms with Gasteiger partial charge >= 0.3 is 0 Å². The van der Waals surface area contributed by atoms with Crippen molar-refractivity contribution in [2.45, 2.75) is 6.42 Å². The van der Waals surface area contributed by atoms with E-state index in [1.807, 2.05) is 12.1 Å². The van der Waals surface area contributed by atoms with Crippen LogP contribution in [-0.2, 0) is 6.42 Å². The molecule has 2 rings (SSSR count). The Kier molecular flexibility index (Phi) is 2.75. The van der Waals surface area contributed by atoms with E-state index in [-0.39, 0.29) is 11.6 Å². The number of aromatic hydroxyl groups is 2. The first-order valence-electron chi connectivity index (χ1n) is 4.34. The molecule has 0 radical (unpaired) electrons. The molecular weight excluding hydrogens is 230 g/mol. The van der Waals surface area contributed by atoms with Crippen LogP contribution in [0.4, 0.5) is 0 Å². The van der Waals surface area contributed by atoms with Gasteiger partial charge in [0.15, 0.2) is 3.95 Å². The average Bonchev–Trinajstić information content (AvgIpc) is 2.49. The number of aromatic nitrogens is 1. The second-order valence-corrected chi connectivity index (χ2v) is 4.90. The maximum Gasteiger partial charge on any atom is 0.203 e. The summed E-state index contributed by atoms with van der Waals surface area (Å²) in [5.74, 6) is 0.378. The Morgan fingerprint density at radius 3 is 2.40 bits per heavy atom. The van der Waals surface area contributed by atoms with E-state index in [0.29, 0.717) is 10.4 Å². The van der Waals surface area contributed by atoms with Gasteiger partial charge in [0, 0.05) is 6.42 Å². The smallest absolute Gasteiger partial charge is 0.203 e. The largest absolute Gasteiger partial charge is 0.508 e. The van der Waals surface area contributed by atoms with Crippen molar-refractivity contribution < 1.29 is 10.2 Å². The minimum absolute atomic E-state index is 0.137. The number of phenols is 1. The van der Waals surface area contributed by atoms with Gasteiger partial charge in [-0.3, -0.25) is 0 Å². The van der Waals surface area contributed by atoms with Gasteiger partial charge in [-0.05, 0) is 29.9 Å². The summed E-state index contributed by atoms with van der Waals surface area (Å²) in [5.41, 5.74) is 1.02. The Morgan fingerprint density at radius 1 is 1.20 bits per heavy atom. The lowest BCUT2D eigenvalue weighted by Crippen LogP contribution is -1.84. The van der Waals surface area contributed by atoms with E-state index in [1.165, 1.54) is 11.3 Å². The first-order chi connectivity index (χ1) is 7.15. The Morgan fingerprint density at radius 2 is 1.87 bits per heavy atom. The third kappa shape index (κ3) is 2.37. The normalized spacial score (nSPS) is 10.4. The van der Waals surface area contributed by atoms with Crippen molar-refractivity contribution in [1.82, 2.24) is 4.98 Å². The van der Waals surface area contributed by atoms with Crippen molar-refractivity contribution >= 4 is 23.6 Å². The predicted molar refractivity (Wildman–Crippen MR) is 62.1 cm³/mol. The summed E-state index contributed by atoms with van der Waals surface area (Å²) in [6.07, 6.45) is 0.615. The molecule has 3 N–H and O–H groups in total. The minimum Gasteiger partial charge on any atom is -0.508 e. The van der Waals surface area contributed by atoms with Gasteiger partial charge in [-0.2, -0.15) is 0 Å². The van der Waals surface area contributed by atoms with E-state index < -0.39 is 0 Å². The second-order valence-electron chi connectivity index (χ2n) is 3.13. The van der Waals surface area contributed by atoms with Gasteiger partial charge in [0.25, 0.3) is 0 Å². The Bertz CT molecular complexity index is 513. The molecule has 0 saturated heterocycles. The highest BCUT2D eigenvalue weighted by Gasteiger charge is 2.05. The lowest BCUT2D eigenvalue weighted by Gasteiger charge is -1.99. The predicted octanol–water partition coefficient (Wildman–Crippen LogP) is 2.81. The maximum atomic E-state index is 9.49. The first kappa shape index (κ1) is 10.2. The van der Waals surface area contributed by atoms with Crippen LogP contribution in [0, 0.1) is 3.95 Å². The Labute approximate surface area is 95.7 Å². The summed E-state index contributed by atoms with van der Waals surface area (Å²) in [4.78, 5) is 3.49. The Hall–Kier alpha value is -1.33. The Balaban J connectivity index is 2.25. The van der Waals surface area contributed by atoms with E-state index in [0.717, 1.165) is 10.4 Å². The molecule has 0 aliphatic heterocycles. The van der Waals surface area contributed by atoms with Gasteiger partial charge in [-0.1, -0.05) is 12.1 Å². The van der Waals surface area contributed by atoms with Crippen LogP contribution < -0.4 is 0 Å². The molecule has 78 valence electrons. The molecule has 0 spiro atoms. The standard InChI is InChI=1S/C10H9NO2S2/c12-7-3-1-6(2-4-7)5-8-9(13)11-10(14)15-8/h1-4,12-13H,5H2,(H,11,14). The number of H-pyrrole nitrogens is 1. The number of aromatic amines is 1. The van der Waals surface area contributed by atoms with E-state index in [2.05, 4.69) is 4.98 Å². The molecule has 3 nitrogen and oxygen atoms in total. The quantitative estimate of drug-likeness (QED) is 0.706. The summed E-state index contributed by atoms with van der Waals surface area (Å²) in [5, 5.41) is 18.6. The van der Waals surface area contributed by atoms with Crippen molar-refractivity contribution in [1.29, 1.82) is 0 Å². The molecular formula is C10H9NO2S2. The minimum atomic E-state index is 0.137. The third-order valence-electron chi connectivity index (χ3n) is 2.00. The van der Waals surface area contributed by atoms with E-state index in [1.54, 1.807) is 12.1 Å². The van der Waals surface area contributed by atoms with Crippen LogP contribution in [0.1, 0.15) is 10.4 Å². The second kappa shape index (κ2) is 4.04. The molecule has 0 atom stereocenters. The highest BCUT2D eigenvalue weighted by atomic mass is 32.1. The zero-order valence-electron chi connectivity index (χ0n) is 7.73. The zero-order valence-corrected chi connectivity index (χ0v) is 9.36. The molecule has 5 heteroatoms. The molecule has 15 heavy (non-hydrogen) atoms. The maximum absolute atomic E-state index is 9.49. The molecule has 0 saturated carbocycles. The molecule has 0 unspecified atom stereocenters. The van der Waals surface area contributed by atoms with Crippen molar-refractivity contribution in [3.63, 3.8) is 0 Å². The van der Waals surface area contributed by atoms with E-state index in [4.69, 9.17) is 17.3 Å². The highest BCUT2D eigenvalue weighted by Crippen LogP contribution is 2.24. The van der Waals surface area contributed by atoms with Crippen molar-refractivity contribution in [3.8, 4) is 11.6 Å². The van der Waals surface area contributed by atoms with Gasteiger partial charge in [0.05, 0.1) is 4.88 Å². The number of hydrogen-bond donors (Lipinski definition) is 3. The summed E-state index contributed by atoms with van der Waals surface area (Å²) in [7, 11) is 0. The number of hydrogen-bond acceptors (Lipinski definition) is 4. The SMILES string of the molecule is Oc1ccc(Cc2sc(=S)[nH]c2O)cc1. The van der Waals surface area contributed by atoms with Crippen molar-refractivity contribution in [2.75, 3.05) is 0 Å². The fraction of sp³-hybridized carbons (Fsp3) is 0.100. The first-order valence-corrected chi connectivity index (χ1v) is 5.56. The van der Waals surface area contributed by atoms with Crippen LogP contribution in [0.15, 0.2) is 24.3 Å². The summed E-state index contributed by atoms with van der Waals surface area (Å²) < 4.78 is 0.571. The summed E-state index contributed by atoms with van der Waals surface area (Å²) >= 11 is 6.28. The molecule has 1 aromatic carbocycles. The van der Waals surface area contributed by atoms with E-state index >= 15 is 0 Å². The van der Waals surface area contributed by atoms with Crippen LogP contribution in [0.3, 0.4) is 0 Å². The molecule has 1 aromatic heterocycles. The van der Waals surface area contributed by atoms with Crippen molar-refractivity contribution in [2.24, 2.45) is 0 Å². The number of benzene rings is 1. The number of phenolic OH excluding ortho intramolecular Hbond substituents is 1. The van der Waals surface area contributed by atoms with Crippen molar-refractivity contribution in [3.05, 3.63) is 38.7 Å². The van der Waals surface area contributed by atoms with Gasteiger partial charge < -0.3 is 15.2 Å². The van der Waals surface area contributed by atoms with Gasteiger partial charge in [-0.15, -0.1) is 11.3 Å². The van der Waals surface area contributed by atoms with Crippen LogP contribution >= 0.6 is 23.6 Å². The van der Waals surface area contributed by atoms with Crippen LogP contribution in [0.2, 0.25) is 0 Å². The molecule has 2 aromatic rings. The molecule has 0 fully saturated rings. The average molecular weight is 239 g/mol. The van der Waals surface area contributed by atoms with Gasteiger partial charge in [-0.25, -0.2) is 0 Å². The molecule has 0 aliphatic rings. The summed E-state index contributed by atoms with van der Waals surface area (Å²) in [6.45, 7) is 0. The highest BCUT2D eigenvalue weighted by molar-refractivity contribution is 7.73. The lowest BCUT2D eigenvalue weighted by molar-refractivity contribution is 0.452. The fourth-order valence-electron chi connectivity index (χ4n) is 1.27. The summed E-state index contributed by atoms with van der Waals surface area (Å²) in [6, 6.07) is 6.88. The number of thiazole rings is 1. The monoisotopic (exact) mass is 239 g/mol. The number of nitrogens with one attached hydrogen (secondary N) is 1. The molecule has 0 aliphatic carbocycles. The third-order valence-corrected chi connectivity index (χ3v) is 3.23. The fourth-order valence-corrected chi connectivity index (χ4v) is 2.43. The van der Waals surface area contributed by atoms with Crippen LogP contribution in [0.5, 0.6) is 11.6 Å².